The van der Waals surface area contributed by atoms with Crippen LogP contribution in [0.3, 0.4) is 0 Å². The van der Waals surface area contributed by atoms with Gasteiger partial charge in [0.25, 0.3) is 0 Å². The Hall–Kier alpha value is -1.17. The van der Waals surface area contributed by atoms with E-state index in [-0.39, 0.29) is 17.0 Å². The summed E-state index contributed by atoms with van der Waals surface area (Å²) in [5.41, 5.74) is 0.801. The Morgan fingerprint density at radius 2 is 2.27 bits per heavy atom. The van der Waals surface area contributed by atoms with Crippen molar-refractivity contribution in [3.8, 4) is 0 Å². The van der Waals surface area contributed by atoms with Gasteiger partial charge in [-0.05, 0) is 43.0 Å². The monoisotopic (exact) mass is 326 g/mol. The van der Waals surface area contributed by atoms with E-state index >= 15 is 0 Å². The second-order valence-electron chi connectivity index (χ2n) is 5.95. The Labute approximate surface area is 134 Å². The first-order valence-electron chi connectivity index (χ1n) is 7.68. The maximum atomic E-state index is 13.2. The predicted molar refractivity (Wildman–Crippen MR) is 82.3 cm³/mol. The number of carbonyl (C=O) groups excluding carboxylic acids is 1. The van der Waals surface area contributed by atoms with Crippen molar-refractivity contribution in [3.63, 3.8) is 0 Å². The number of rotatable bonds is 5. The van der Waals surface area contributed by atoms with E-state index in [0.717, 1.165) is 18.0 Å². The molecule has 2 aliphatic rings. The number of benzene rings is 1. The molecule has 1 aromatic carbocycles. The molecule has 1 atom stereocenters. The van der Waals surface area contributed by atoms with Crippen LogP contribution in [-0.2, 0) is 9.53 Å². The summed E-state index contributed by atoms with van der Waals surface area (Å²) in [5, 5.41) is 3.29. The fourth-order valence-electron chi connectivity index (χ4n) is 2.61. The van der Waals surface area contributed by atoms with Crippen molar-refractivity contribution in [3.05, 3.63) is 34.6 Å². The van der Waals surface area contributed by atoms with Crippen molar-refractivity contribution in [2.75, 3.05) is 32.8 Å². The number of halogens is 2. The molecule has 0 spiro atoms. The zero-order valence-electron chi connectivity index (χ0n) is 12.4. The Kier molecular flexibility index (Phi) is 4.96. The van der Waals surface area contributed by atoms with Crippen LogP contribution in [0.1, 0.15) is 24.5 Å². The number of amides is 1. The summed E-state index contributed by atoms with van der Waals surface area (Å²) in [7, 11) is 0. The van der Waals surface area contributed by atoms with Gasteiger partial charge in [0.1, 0.15) is 11.9 Å². The van der Waals surface area contributed by atoms with Crippen LogP contribution >= 0.6 is 11.6 Å². The average Bonchev–Trinajstić information content (AvgIpc) is 3.34. The van der Waals surface area contributed by atoms with Crippen LogP contribution in [0.2, 0.25) is 5.02 Å². The van der Waals surface area contributed by atoms with Gasteiger partial charge in [-0.2, -0.15) is 0 Å². The van der Waals surface area contributed by atoms with Crippen LogP contribution < -0.4 is 5.32 Å². The average molecular weight is 327 g/mol. The maximum absolute atomic E-state index is 13.2. The molecule has 0 aromatic heterocycles. The van der Waals surface area contributed by atoms with Gasteiger partial charge in [-0.15, -0.1) is 0 Å². The minimum absolute atomic E-state index is 0.0793. The molecule has 2 fully saturated rings. The van der Waals surface area contributed by atoms with E-state index < -0.39 is 5.82 Å². The lowest BCUT2D eigenvalue weighted by atomic mass is 10.1. The van der Waals surface area contributed by atoms with Gasteiger partial charge in [-0.25, -0.2) is 4.39 Å². The fourth-order valence-corrected chi connectivity index (χ4v) is 2.80. The third kappa shape index (κ3) is 3.97. The quantitative estimate of drug-likeness (QED) is 0.903. The Morgan fingerprint density at radius 1 is 1.45 bits per heavy atom. The molecule has 0 bridgehead atoms. The Balaban J connectivity index is 1.55. The zero-order valence-corrected chi connectivity index (χ0v) is 13.1. The molecule has 0 radical (unpaired) electrons. The number of morpholine rings is 1. The van der Waals surface area contributed by atoms with E-state index in [1.165, 1.54) is 18.9 Å². The van der Waals surface area contributed by atoms with Crippen molar-refractivity contribution in [1.29, 1.82) is 0 Å². The van der Waals surface area contributed by atoms with Gasteiger partial charge in [0.05, 0.1) is 24.7 Å². The van der Waals surface area contributed by atoms with Gasteiger partial charge >= 0.3 is 0 Å². The second-order valence-corrected chi connectivity index (χ2v) is 6.35. The van der Waals surface area contributed by atoms with E-state index in [0.29, 0.717) is 26.2 Å². The number of nitrogens with one attached hydrogen (secondary N) is 1. The molecular weight excluding hydrogens is 307 g/mol. The molecule has 1 aliphatic carbocycles. The molecule has 1 heterocycles. The summed E-state index contributed by atoms with van der Waals surface area (Å²) in [6.45, 7) is 2.84. The molecule has 120 valence electrons. The molecule has 22 heavy (non-hydrogen) atoms. The first kappa shape index (κ1) is 15.7. The summed E-state index contributed by atoms with van der Waals surface area (Å²) in [4.78, 5) is 14.0. The lowest BCUT2D eigenvalue weighted by molar-refractivity contribution is -0.138. The highest BCUT2D eigenvalue weighted by atomic mass is 35.5. The molecule has 3 rings (SSSR count). The molecular formula is C16H20ClFN2O2. The number of hydrogen-bond donors (Lipinski definition) is 1. The van der Waals surface area contributed by atoms with Crippen LogP contribution in [0.5, 0.6) is 0 Å². The Bertz CT molecular complexity index is 551. The minimum atomic E-state index is -0.446. The smallest absolute Gasteiger partial charge is 0.236 e. The molecule has 1 aromatic rings. The van der Waals surface area contributed by atoms with Crippen molar-refractivity contribution >= 4 is 17.5 Å². The van der Waals surface area contributed by atoms with E-state index in [1.54, 1.807) is 17.0 Å². The van der Waals surface area contributed by atoms with Gasteiger partial charge in [-0.3, -0.25) is 4.79 Å². The van der Waals surface area contributed by atoms with Crippen LogP contribution in [0.25, 0.3) is 0 Å². The van der Waals surface area contributed by atoms with E-state index in [2.05, 4.69) is 5.32 Å². The fraction of sp³-hybridized carbons (Fsp3) is 0.562. The normalized spacial score (nSPS) is 21.9. The van der Waals surface area contributed by atoms with Crippen molar-refractivity contribution in [2.24, 2.45) is 5.92 Å². The van der Waals surface area contributed by atoms with Crippen LogP contribution in [0.15, 0.2) is 18.2 Å². The van der Waals surface area contributed by atoms with Crippen LogP contribution in [0.4, 0.5) is 4.39 Å². The molecule has 1 saturated heterocycles. The zero-order chi connectivity index (χ0) is 15.5. The van der Waals surface area contributed by atoms with Gasteiger partial charge < -0.3 is 15.0 Å². The third-order valence-corrected chi connectivity index (χ3v) is 4.43. The topological polar surface area (TPSA) is 41.6 Å². The first-order valence-corrected chi connectivity index (χ1v) is 8.06. The second kappa shape index (κ2) is 6.94. The number of ether oxygens (including phenoxy) is 1. The van der Waals surface area contributed by atoms with Crippen molar-refractivity contribution < 1.29 is 13.9 Å². The van der Waals surface area contributed by atoms with Crippen molar-refractivity contribution in [1.82, 2.24) is 10.2 Å². The molecule has 1 aliphatic heterocycles. The SMILES string of the molecule is O=C(CNCC1CC1)N1CCOC(c2ccc(F)c(Cl)c2)C1. The molecule has 1 N–H and O–H groups in total. The molecule has 4 nitrogen and oxygen atoms in total. The van der Waals surface area contributed by atoms with Gasteiger partial charge in [0, 0.05) is 6.54 Å². The number of nitrogens with zero attached hydrogens (tertiary/aromatic N) is 1. The largest absolute Gasteiger partial charge is 0.370 e. The molecule has 6 heteroatoms. The highest BCUT2D eigenvalue weighted by Crippen LogP contribution is 2.28. The predicted octanol–water partition coefficient (Wildman–Crippen LogP) is 2.38. The highest BCUT2D eigenvalue weighted by Gasteiger charge is 2.26. The standard InChI is InChI=1S/C16H20ClFN2O2/c17-13-7-12(3-4-14(13)18)15-10-20(5-6-22-15)16(21)9-19-8-11-1-2-11/h3-4,7,11,15,19H,1-2,5-6,8-10H2. The lowest BCUT2D eigenvalue weighted by Gasteiger charge is -2.33. The van der Waals surface area contributed by atoms with E-state index in [1.807, 2.05) is 0 Å². The lowest BCUT2D eigenvalue weighted by Crippen LogP contribution is -2.46. The van der Waals surface area contributed by atoms with E-state index in [4.69, 9.17) is 16.3 Å². The van der Waals surface area contributed by atoms with E-state index in [9.17, 15) is 9.18 Å². The van der Waals surface area contributed by atoms with Gasteiger partial charge in [-0.1, -0.05) is 17.7 Å². The first-order chi connectivity index (χ1) is 10.6. The van der Waals surface area contributed by atoms with Crippen LogP contribution in [0, 0.1) is 11.7 Å². The Morgan fingerprint density at radius 3 is 3.00 bits per heavy atom. The van der Waals surface area contributed by atoms with Crippen LogP contribution in [-0.4, -0.2) is 43.6 Å². The van der Waals surface area contributed by atoms with Crippen molar-refractivity contribution in [2.45, 2.75) is 18.9 Å². The van der Waals surface area contributed by atoms with Gasteiger partial charge in [0.15, 0.2) is 0 Å². The minimum Gasteiger partial charge on any atom is -0.370 e. The van der Waals surface area contributed by atoms with Gasteiger partial charge in [0.2, 0.25) is 5.91 Å². The molecule has 1 amide bonds. The maximum Gasteiger partial charge on any atom is 0.236 e. The molecule has 1 saturated carbocycles. The summed E-state index contributed by atoms with van der Waals surface area (Å²) < 4.78 is 18.9. The molecule has 1 unspecified atom stereocenters. The summed E-state index contributed by atoms with van der Waals surface area (Å²) in [5.74, 6) is 0.396. The summed E-state index contributed by atoms with van der Waals surface area (Å²) in [6.07, 6.45) is 2.29. The highest BCUT2D eigenvalue weighted by molar-refractivity contribution is 6.30. The third-order valence-electron chi connectivity index (χ3n) is 4.14. The number of carbonyl (C=O) groups is 1. The summed E-state index contributed by atoms with van der Waals surface area (Å²) in [6, 6.07) is 4.56. The summed E-state index contributed by atoms with van der Waals surface area (Å²) >= 11 is 5.81. The number of hydrogen-bond acceptors (Lipinski definition) is 3.